The van der Waals surface area contributed by atoms with Gasteiger partial charge in [-0.3, -0.25) is 14.5 Å². The molecule has 0 bridgehead atoms. The Hall–Kier alpha value is -3.06. The second-order valence-electron chi connectivity index (χ2n) is 7.90. The number of nitrogens with two attached hydrogens (primary N) is 1. The van der Waals surface area contributed by atoms with Crippen LogP contribution < -0.4 is 15.9 Å². The van der Waals surface area contributed by atoms with Crippen LogP contribution in [0.4, 0.5) is 0 Å². The van der Waals surface area contributed by atoms with E-state index in [1.807, 2.05) is 30.3 Å². The predicted molar refractivity (Wildman–Crippen MR) is 112 cm³/mol. The molecule has 0 radical (unpaired) electrons. The number of nitrogens with zero attached hydrogens (tertiary/aromatic N) is 1. The van der Waals surface area contributed by atoms with Crippen molar-refractivity contribution in [1.29, 1.82) is 0 Å². The number of amides is 1. The molecule has 1 aromatic heterocycles. The number of hydrogen-bond donors (Lipinski definition) is 2. The molecule has 4 rings (SSSR count). The van der Waals surface area contributed by atoms with E-state index in [4.69, 9.17) is 14.9 Å². The second-order valence-corrected chi connectivity index (χ2v) is 7.90. The number of carbonyl (C=O) groups is 1. The third kappa shape index (κ3) is 4.41. The number of piperidine rings is 1. The molecule has 3 heterocycles. The van der Waals surface area contributed by atoms with Gasteiger partial charge in [-0.2, -0.15) is 0 Å². The third-order valence-corrected chi connectivity index (χ3v) is 5.65. The Kier molecular flexibility index (Phi) is 5.90. The van der Waals surface area contributed by atoms with E-state index in [-0.39, 0.29) is 18.8 Å². The molecule has 2 aliphatic heterocycles. The first-order valence-corrected chi connectivity index (χ1v) is 10.3. The third-order valence-electron chi connectivity index (χ3n) is 5.65. The first-order valence-electron chi connectivity index (χ1n) is 10.3. The zero-order chi connectivity index (χ0) is 21.1. The lowest BCUT2D eigenvalue weighted by atomic mass is 9.89. The molecule has 2 aromatic rings. The highest BCUT2D eigenvalue weighted by Gasteiger charge is 2.29. The number of fused-ring (bicyclic) bond motifs is 1. The summed E-state index contributed by atoms with van der Waals surface area (Å²) in [5, 5.41) is 10.5. The second kappa shape index (κ2) is 8.75. The van der Waals surface area contributed by atoms with Gasteiger partial charge in [0.1, 0.15) is 18.1 Å². The molecule has 0 aliphatic carbocycles. The molecule has 7 heteroatoms. The van der Waals surface area contributed by atoms with Crippen molar-refractivity contribution in [2.45, 2.75) is 38.1 Å². The van der Waals surface area contributed by atoms with Gasteiger partial charge in [0.15, 0.2) is 5.76 Å². The van der Waals surface area contributed by atoms with Crippen molar-refractivity contribution in [3.8, 4) is 11.5 Å². The topological polar surface area (TPSA) is 106 Å². The van der Waals surface area contributed by atoms with Crippen LogP contribution in [0.3, 0.4) is 0 Å². The number of primary amides is 1. The Labute approximate surface area is 174 Å². The number of para-hydroxylation sites is 1. The largest absolute Gasteiger partial charge is 0.502 e. The first-order chi connectivity index (χ1) is 14.5. The van der Waals surface area contributed by atoms with E-state index in [9.17, 15) is 14.7 Å². The van der Waals surface area contributed by atoms with Crippen molar-refractivity contribution in [1.82, 2.24) is 4.90 Å². The number of ether oxygens (including phenoxy) is 1. The van der Waals surface area contributed by atoms with Crippen LogP contribution >= 0.6 is 0 Å². The fourth-order valence-electron chi connectivity index (χ4n) is 4.14. The lowest BCUT2D eigenvalue weighted by Crippen LogP contribution is -2.29. The van der Waals surface area contributed by atoms with Gasteiger partial charge >= 0.3 is 0 Å². The minimum Gasteiger partial charge on any atom is -0.502 e. The smallest absolute Gasteiger partial charge is 0.227 e. The lowest BCUT2D eigenvalue weighted by Gasteiger charge is -2.27. The van der Waals surface area contributed by atoms with Crippen molar-refractivity contribution < 1.29 is 19.1 Å². The number of likely N-dealkylation sites (tertiary alicyclic amines) is 1. The molecule has 30 heavy (non-hydrogen) atoms. The van der Waals surface area contributed by atoms with E-state index in [0.29, 0.717) is 12.3 Å². The molecule has 158 valence electrons. The van der Waals surface area contributed by atoms with Gasteiger partial charge in [0, 0.05) is 18.1 Å². The van der Waals surface area contributed by atoms with Crippen molar-refractivity contribution in [3.05, 3.63) is 63.2 Å². The van der Waals surface area contributed by atoms with Crippen molar-refractivity contribution in [2.75, 3.05) is 19.7 Å². The summed E-state index contributed by atoms with van der Waals surface area (Å²) < 4.78 is 11.8. The Bertz CT molecular complexity index is 1020. The van der Waals surface area contributed by atoms with Gasteiger partial charge in [0.05, 0.1) is 12.5 Å². The maximum absolute atomic E-state index is 12.5. The molecule has 1 amide bonds. The predicted octanol–water partition coefficient (Wildman–Crippen LogP) is 2.77. The van der Waals surface area contributed by atoms with E-state index in [0.717, 1.165) is 42.8 Å². The summed E-state index contributed by atoms with van der Waals surface area (Å²) in [6.07, 6.45) is 5.24. The van der Waals surface area contributed by atoms with Gasteiger partial charge in [0.2, 0.25) is 17.1 Å². The Morgan fingerprint density at radius 2 is 1.97 bits per heavy atom. The van der Waals surface area contributed by atoms with Crippen LogP contribution in [0.2, 0.25) is 0 Å². The molecule has 0 spiro atoms. The summed E-state index contributed by atoms with van der Waals surface area (Å²) in [6.45, 7) is 2.60. The maximum Gasteiger partial charge on any atom is 0.227 e. The monoisotopic (exact) mass is 410 g/mol. The minimum atomic E-state index is -0.676. The molecule has 1 aromatic carbocycles. The summed E-state index contributed by atoms with van der Waals surface area (Å²) in [5.41, 5.74) is 6.56. The average Bonchev–Trinajstić information content (AvgIpc) is 2.75. The normalized spacial score (nSPS) is 17.5. The fourth-order valence-corrected chi connectivity index (χ4v) is 4.14. The highest BCUT2D eigenvalue weighted by molar-refractivity contribution is 5.76. The zero-order valence-electron chi connectivity index (χ0n) is 16.8. The fraction of sp³-hybridized carbons (Fsp3) is 0.391. The van der Waals surface area contributed by atoms with E-state index in [1.54, 1.807) is 0 Å². The van der Waals surface area contributed by atoms with Crippen LogP contribution in [0.25, 0.3) is 6.08 Å². The maximum atomic E-state index is 12.5. The number of benzene rings is 1. The van der Waals surface area contributed by atoms with Gasteiger partial charge in [-0.25, -0.2) is 0 Å². The molecule has 1 unspecified atom stereocenters. The van der Waals surface area contributed by atoms with Crippen molar-refractivity contribution in [2.24, 2.45) is 5.73 Å². The summed E-state index contributed by atoms with van der Waals surface area (Å²) >= 11 is 0. The highest BCUT2D eigenvalue weighted by Crippen LogP contribution is 2.37. The van der Waals surface area contributed by atoms with Crippen molar-refractivity contribution in [3.63, 3.8) is 0 Å². The summed E-state index contributed by atoms with van der Waals surface area (Å²) in [7, 11) is 0. The minimum absolute atomic E-state index is 0.0718. The SMILES string of the molecule is NC(=O)CC(C1=Cc2ccccc2OC1)c1oc(CN2CCCCC2)cc(=O)c1O. The Balaban J connectivity index is 1.71. The van der Waals surface area contributed by atoms with Gasteiger partial charge in [-0.15, -0.1) is 0 Å². The molecule has 1 saturated heterocycles. The van der Waals surface area contributed by atoms with Crippen LogP contribution in [-0.2, 0) is 11.3 Å². The Morgan fingerprint density at radius 3 is 2.73 bits per heavy atom. The lowest BCUT2D eigenvalue weighted by molar-refractivity contribution is -0.118. The molecule has 3 N–H and O–H groups in total. The molecule has 0 saturated carbocycles. The molecule has 1 fully saturated rings. The molecular weight excluding hydrogens is 384 g/mol. The van der Waals surface area contributed by atoms with E-state index >= 15 is 0 Å². The zero-order valence-corrected chi connectivity index (χ0v) is 16.8. The van der Waals surface area contributed by atoms with Crippen LogP contribution in [0.15, 0.2) is 45.1 Å². The van der Waals surface area contributed by atoms with E-state index in [1.165, 1.54) is 12.5 Å². The first kappa shape index (κ1) is 20.2. The number of carbonyl (C=O) groups excluding carboxylic acids is 1. The highest BCUT2D eigenvalue weighted by atomic mass is 16.5. The van der Waals surface area contributed by atoms with Gasteiger partial charge in [-0.05, 0) is 43.6 Å². The molecule has 2 aliphatic rings. The summed E-state index contributed by atoms with van der Waals surface area (Å²) in [6, 6.07) is 8.87. The van der Waals surface area contributed by atoms with Crippen LogP contribution in [0, 0.1) is 0 Å². The number of aromatic hydroxyl groups is 1. The van der Waals surface area contributed by atoms with Gasteiger partial charge in [-0.1, -0.05) is 24.6 Å². The Morgan fingerprint density at radius 1 is 1.20 bits per heavy atom. The van der Waals surface area contributed by atoms with Crippen LogP contribution in [-0.4, -0.2) is 35.6 Å². The van der Waals surface area contributed by atoms with Crippen molar-refractivity contribution >= 4 is 12.0 Å². The number of hydrogen-bond acceptors (Lipinski definition) is 6. The van der Waals surface area contributed by atoms with Crippen LogP contribution in [0.1, 0.15) is 48.7 Å². The molecule has 1 atom stereocenters. The number of rotatable bonds is 6. The molecular formula is C23H26N2O5. The van der Waals surface area contributed by atoms with Crippen LogP contribution in [0.5, 0.6) is 11.5 Å². The van der Waals surface area contributed by atoms with E-state index < -0.39 is 23.0 Å². The summed E-state index contributed by atoms with van der Waals surface area (Å²) in [4.78, 5) is 26.5. The average molecular weight is 410 g/mol. The standard InChI is InChI=1S/C23H26N2O5/c24-21(27)12-18(16-10-15-6-2-3-7-20(15)29-14-16)23-22(28)19(26)11-17(30-23)13-25-8-4-1-5-9-25/h2-3,6-7,10-11,18,28H,1,4-5,8-9,12-14H2,(H2,24,27). The van der Waals surface area contributed by atoms with E-state index in [2.05, 4.69) is 4.90 Å². The molecule has 7 nitrogen and oxygen atoms in total. The van der Waals surface area contributed by atoms with Gasteiger partial charge < -0.3 is 20.0 Å². The quantitative estimate of drug-likeness (QED) is 0.759. The van der Waals surface area contributed by atoms with Gasteiger partial charge in [0.25, 0.3) is 0 Å². The summed E-state index contributed by atoms with van der Waals surface area (Å²) in [5.74, 6) is -0.426.